The molecular weight excluding hydrogens is 212 g/mol. The molecule has 2 rings (SSSR count). The van der Waals surface area contributed by atoms with Gasteiger partial charge in [0.25, 0.3) is 0 Å². The molecule has 4 nitrogen and oxygen atoms in total. The van der Waals surface area contributed by atoms with Gasteiger partial charge < -0.3 is 10.2 Å². The van der Waals surface area contributed by atoms with Crippen molar-refractivity contribution in [3.05, 3.63) is 18.1 Å². The molecule has 1 aromatic heterocycles. The van der Waals surface area contributed by atoms with E-state index in [0.29, 0.717) is 12.6 Å². The first-order valence-corrected chi connectivity index (χ1v) is 6.06. The first-order valence-electron chi connectivity index (χ1n) is 6.06. The summed E-state index contributed by atoms with van der Waals surface area (Å²) in [6.45, 7) is 4.28. The lowest BCUT2D eigenvalue weighted by atomic mass is 10.4. The van der Waals surface area contributed by atoms with Crippen molar-refractivity contribution in [3.8, 4) is 12.3 Å². The summed E-state index contributed by atoms with van der Waals surface area (Å²) < 4.78 is 0. The van der Waals surface area contributed by atoms with Crippen LogP contribution in [-0.4, -0.2) is 29.1 Å². The maximum Gasteiger partial charge on any atom is 0.147 e. The second kappa shape index (κ2) is 5.65. The Hall–Kier alpha value is -1.60. The van der Waals surface area contributed by atoms with Crippen LogP contribution in [-0.2, 0) is 6.54 Å². The molecule has 0 aromatic carbocycles. The lowest BCUT2D eigenvalue weighted by Gasteiger charge is -2.18. The summed E-state index contributed by atoms with van der Waals surface area (Å²) in [4.78, 5) is 10.8. The average molecular weight is 230 g/mol. The lowest BCUT2D eigenvalue weighted by Crippen LogP contribution is -2.24. The van der Waals surface area contributed by atoms with Crippen molar-refractivity contribution in [2.75, 3.05) is 18.0 Å². The molecule has 1 aliphatic rings. The molecule has 1 saturated carbocycles. The van der Waals surface area contributed by atoms with Gasteiger partial charge >= 0.3 is 0 Å². The number of rotatable bonds is 6. The Morgan fingerprint density at radius 2 is 2.29 bits per heavy atom. The van der Waals surface area contributed by atoms with Crippen LogP contribution in [0.4, 0.5) is 5.82 Å². The van der Waals surface area contributed by atoms with Gasteiger partial charge in [-0.25, -0.2) is 4.98 Å². The maximum absolute atomic E-state index is 5.31. The summed E-state index contributed by atoms with van der Waals surface area (Å²) in [5, 5.41) is 3.41. The smallest absolute Gasteiger partial charge is 0.147 e. The Kier molecular flexibility index (Phi) is 3.94. The number of anilines is 1. The zero-order valence-electron chi connectivity index (χ0n) is 10.2. The van der Waals surface area contributed by atoms with Gasteiger partial charge in [-0.2, -0.15) is 0 Å². The first-order chi connectivity index (χ1) is 8.33. The molecule has 1 fully saturated rings. The Balaban J connectivity index is 1.93. The monoisotopic (exact) mass is 230 g/mol. The second-order valence-corrected chi connectivity index (χ2v) is 4.24. The van der Waals surface area contributed by atoms with Crippen LogP contribution in [0.2, 0.25) is 0 Å². The van der Waals surface area contributed by atoms with E-state index >= 15 is 0 Å². The Labute approximate surface area is 102 Å². The molecule has 1 aromatic rings. The molecule has 0 spiro atoms. The first kappa shape index (κ1) is 11.9. The molecule has 17 heavy (non-hydrogen) atoms. The van der Waals surface area contributed by atoms with E-state index in [9.17, 15) is 0 Å². The molecule has 1 heterocycles. The Bertz CT molecular complexity index is 389. The Morgan fingerprint density at radius 1 is 1.47 bits per heavy atom. The van der Waals surface area contributed by atoms with Gasteiger partial charge in [0, 0.05) is 19.1 Å². The summed E-state index contributed by atoms with van der Waals surface area (Å²) in [6, 6.07) is 0.699. The van der Waals surface area contributed by atoms with Gasteiger partial charge in [-0.15, -0.1) is 6.42 Å². The van der Waals surface area contributed by atoms with Crippen LogP contribution in [0.25, 0.3) is 0 Å². The molecule has 0 saturated heterocycles. The molecule has 0 aliphatic heterocycles. The summed E-state index contributed by atoms with van der Waals surface area (Å²) in [5.41, 5.74) is 0.984. The third-order valence-corrected chi connectivity index (χ3v) is 2.83. The second-order valence-electron chi connectivity index (χ2n) is 4.24. The molecule has 4 heteroatoms. The molecule has 0 amide bonds. The highest BCUT2D eigenvalue weighted by Crippen LogP contribution is 2.19. The highest BCUT2D eigenvalue weighted by molar-refractivity contribution is 5.37. The van der Waals surface area contributed by atoms with Gasteiger partial charge in [-0.3, -0.25) is 4.98 Å². The van der Waals surface area contributed by atoms with Crippen molar-refractivity contribution in [2.24, 2.45) is 0 Å². The third-order valence-electron chi connectivity index (χ3n) is 2.83. The molecule has 1 aliphatic carbocycles. The zero-order chi connectivity index (χ0) is 12.1. The number of nitrogens with zero attached hydrogens (tertiary/aromatic N) is 3. The lowest BCUT2D eigenvalue weighted by molar-refractivity contribution is 0.671. The van der Waals surface area contributed by atoms with Crippen molar-refractivity contribution in [2.45, 2.75) is 32.4 Å². The fourth-order valence-electron chi connectivity index (χ4n) is 1.60. The van der Waals surface area contributed by atoms with Crippen LogP contribution in [0.1, 0.15) is 25.5 Å². The average Bonchev–Trinajstić information content (AvgIpc) is 3.18. The summed E-state index contributed by atoms with van der Waals surface area (Å²) in [7, 11) is 0. The van der Waals surface area contributed by atoms with Gasteiger partial charge in [-0.05, 0) is 19.8 Å². The van der Waals surface area contributed by atoms with E-state index < -0.39 is 0 Å². The fraction of sp³-hybridized carbons (Fsp3) is 0.538. The zero-order valence-corrected chi connectivity index (χ0v) is 10.2. The van der Waals surface area contributed by atoms with Gasteiger partial charge in [0.1, 0.15) is 5.82 Å². The predicted octanol–water partition coefficient (Wildman–Crippen LogP) is 1.19. The van der Waals surface area contributed by atoms with E-state index in [2.05, 4.69) is 28.1 Å². The van der Waals surface area contributed by atoms with Crippen LogP contribution in [0.3, 0.4) is 0 Å². The molecule has 0 atom stereocenters. The predicted molar refractivity (Wildman–Crippen MR) is 68.6 cm³/mol. The molecule has 1 N–H and O–H groups in total. The SMILES string of the molecule is C#CCN(CC)c1cnc(CNC2CC2)cn1. The summed E-state index contributed by atoms with van der Waals surface area (Å²) in [6.07, 6.45) is 11.5. The van der Waals surface area contributed by atoms with E-state index in [1.54, 1.807) is 6.20 Å². The number of aromatic nitrogens is 2. The topological polar surface area (TPSA) is 41.1 Å². The minimum atomic E-state index is 0.574. The highest BCUT2D eigenvalue weighted by Gasteiger charge is 2.20. The largest absolute Gasteiger partial charge is 0.344 e. The van der Waals surface area contributed by atoms with Crippen LogP contribution >= 0.6 is 0 Å². The quantitative estimate of drug-likeness (QED) is 0.745. The number of nitrogens with one attached hydrogen (secondary N) is 1. The van der Waals surface area contributed by atoms with Crippen molar-refractivity contribution in [3.63, 3.8) is 0 Å². The minimum absolute atomic E-state index is 0.574. The highest BCUT2D eigenvalue weighted by atomic mass is 15.2. The third kappa shape index (κ3) is 3.43. The maximum atomic E-state index is 5.31. The molecule has 0 bridgehead atoms. The number of hydrogen-bond donors (Lipinski definition) is 1. The number of hydrogen-bond acceptors (Lipinski definition) is 4. The van der Waals surface area contributed by atoms with Gasteiger partial charge in [-0.1, -0.05) is 5.92 Å². The molecule has 90 valence electrons. The van der Waals surface area contributed by atoms with E-state index in [1.807, 2.05) is 11.1 Å². The number of terminal acetylenes is 1. The van der Waals surface area contributed by atoms with Crippen LogP contribution < -0.4 is 10.2 Å². The van der Waals surface area contributed by atoms with E-state index in [1.165, 1.54) is 12.8 Å². The van der Waals surface area contributed by atoms with Crippen molar-refractivity contribution in [1.29, 1.82) is 0 Å². The van der Waals surface area contributed by atoms with Gasteiger partial charge in [0.2, 0.25) is 0 Å². The summed E-state index contributed by atoms with van der Waals surface area (Å²) >= 11 is 0. The molecular formula is C13H18N4. The van der Waals surface area contributed by atoms with E-state index in [4.69, 9.17) is 6.42 Å². The van der Waals surface area contributed by atoms with Crippen molar-refractivity contribution in [1.82, 2.24) is 15.3 Å². The van der Waals surface area contributed by atoms with Crippen molar-refractivity contribution >= 4 is 5.82 Å². The van der Waals surface area contributed by atoms with Gasteiger partial charge in [0.05, 0.1) is 24.6 Å². The van der Waals surface area contributed by atoms with E-state index in [-0.39, 0.29) is 0 Å². The van der Waals surface area contributed by atoms with Crippen LogP contribution in [0.5, 0.6) is 0 Å². The normalized spacial score (nSPS) is 14.4. The standard InChI is InChI=1S/C13H18N4/c1-3-7-17(4-2)13-10-15-12(9-16-13)8-14-11-5-6-11/h1,9-11,14H,4-8H2,2H3. The van der Waals surface area contributed by atoms with Crippen LogP contribution in [0.15, 0.2) is 12.4 Å². The fourth-order valence-corrected chi connectivity index (χ4v) is 1.60. The van der Waals surface area contributed by atoms with Crippen molar-refractivity contribution < 1.29 is 0 Å². The van der Waals surface area contributed by atoms with E-state index in [0.717, 1.165) is 24.6 Å². The minimum Gasteiger partial charge on any atom is -0.344 e. The molecule has 0 radical (unpaired) electrons. The summed E-state index contributed by atoms with van der Waals surface area (Å²) in [5.74, 6) is 3.47. The van der Waals surface area contributed by atoms with Crippen LogP contribution in [0, 0.1) is 12.3 Å². The molecule has 0 unspecified atom stereocenters. The Morgan fingerprint density at radius 3 is 2.82 bits per heavy atom. The van der Waals surface area contributed by atoms with Gasteiger partial charge in [0.15, 0.2) is 0 Å².